The number of hydrogen-bond acceptors (Lipinski definition) is 2. The topological polar surface area (TPSA) is 41.0 Å². The molecular formula is C19H17F2N3O. The molecule has 0 aliphatic carbocycles. The van der Waals surface area contributed by atoms with Gasteiger partial charge in [-0.2, -0.15) is 0 Å². The molecule has 6 heteroatoms. The van der Waals surface area contributed by atoms with Gasteiger partial charge >= 0.3 is 5.69 Å². The molecule has 0 fully saturated rings. The molecule has 0 radical (unpaired) electrons. The van der Waals surface area contributed by atoms with Gasteiger partial charge in [-0.25, -0.2) is 13.6 Å². The van der Waals surface area contributed by atoms with E-state index in [9.17, 15) is 13.6 Å². The number of halogens is 2. The molecule has 0 amide bonds. The van der Waals surface area contributed by atoms with Crippen LogP contribution in [0.25, 0.3) is 16.7 Å². The van der Waals surface area contributed by atoms with E-state index in [1.165, 1.54) is 10.1 Å². The first kappa shape index (κ1) is 15.8. The Hall–Kier alpha value is -2.73. The van der Waals surface area contributed by atoms with Crippen LogP contribution in [0.1, 0.15) is 12.0 Å². The van der Waals surface area contributed by atoms with Crippen molar-refractivity contribution in [1.82, 2.24) is 14.5 Å². The third-order valence-corrected chi connectivity index (χ3v) is 4.53. The van der Waals surface area contributed by atoms with Gasteiger partial charge < -0.3 is 4.98 Å². The summed E-state index contributed by atoms with van der Waals surface area (Å²) in [6.07, 6.45) is 2.64. The van der Waals surface area contributed by atoms with Crippen molar-refractivity contribution in [3.05, 3.63) is 76.2 Å². The molecule has 0 atom stereocenters. The molecule has 0 spiro atoms. The van der Waals surface area contributed by atoms with Gasteiger partial charge in [-0.15, -0.1) is 0 Å². The van der Waals surface area contributed by atoms with Crippen molar-refractivity contribution in [1.29, 1.82) is 0 Å². The lowest BCUT2D eigenvalue weighted by Gasteiger charge is -2.26. The molecule has 128 valence electrons. The number of fused-ring (bicyclic) bond motifs is 1. The molecule has 0 bridgehead atoms. The van der Waals surface area contributed by atoms with Crippen molar-refractivity contribution in [2.24, 2.45) is 0 Å². The van der Waals surface area contributed by atoms with E-state index < -0.39 is 11.6 Å². The van der Waals surface area contributed by atoms with Crippen LogP contribution in [-0.4, -0.2) is 27.5 Å². The first-order valence-corrected chi connectivity index (χ1v) is 8.17. The normalized spacial score (nSPS) is 15.5. The van der Waals surface area contributed by atoms with Crippen molar-refractivity contribution in [2.75, 3.05) is 13.1 Å². The molecule has 1 aliphatic heterocycles. The fourth-order valence-electron chi connectivity index (χ4n) is 3.28. The number of benzene rings is 2. The number of imidazole rings is 1. The molecule has 0 unspecified atom stereocenters. The summed E-state index contributed by atoms with van der Waals surface area (Å²) in [4.78, 5) is 17.1. The summed E-state index contributed by atoms with van der Waals surface area (Å²) in [5, 5.41) is 0. The summed E-state index contributed by atoms with van der Waals surface area (Å²) >= 11 is 0. The molecule has 4 rings (SSSR count). The van der Waals surface area contributed by atoms with Gasteiger partial charge in [0.2, 0.25) is 0 Å². The second-order valence-corrected chi connectivity index (χ2v) is 6.22. The predicted molar refractivity (Wildman–Crippen MR) is 93.1 cm³/mol. The van der Waals surface area contributed by atoms with Gasteiger partial charge in [-0.05, 0) is 5.56 Å². The van der Waals surface area contributed by atoms with Gasteiger partial charge in [0.1, 0.15) is 0 Å². The summed E-state index contributed by atoms with van der Waals surface area (Å²) in [5.74, 6) is -1.92. The second-order valence-electron chi connectivity index (χ2n) is 6.22. The standard InChI is InChI=1S/C19H17F2N3O/c20-15-10-17-18(11-16(15)21)24(19(25)22-17)14-6-8-23(9-7-14)12-13-4-2-1-3-5-13/h1-6,10-11H,7-9,12H2,(H,22,25). The van der Waals surface area contributed by atoms with Crippen LogP contribution in [0, 0.1) is 11.6 Å². The molecule has 0 saturated heterocycles. The van der Waals surface area contributed by atoms with Gasteiger partial charge in [0.05, 0.1) is 11.0 Å². The lowest BCUT2D eigenvalue weighted by Crippen LogP contribution is -2.30. The Bertz CT molecular complexity index is 1000. The average Bonchev–Trinajstić information content (AvgIpc) is 2.92. The SMILES string of the molecule is O=c1[nH]c2cc(F)c(F)cc2n1C1=CCN(Cc2ccccc2)CC1. The maximum Gasteiger partial charge on any atom is 0.330 e. The molecule has 4 nitrogen and oxygen atoms in total. The maximum absolute atomic E-state index is 13.6. The van der Waals surface area contributed by atoms with Gasteiger partial charge in [-0.3, -0.25) is 9.47 Å². The minimum atomic E-state index is -0.965. The quantitative estimate of drug-likeness (QED) is 0.794. The van der Waals surface area contributed by atoms with E-state index in [4.69, 9.17) is 0 Å². The highest BCUT2D eigenvalue weighted by Gasteiger charge is 2.18. The third kappa shape index (κ3) is 3.00. The van der Waals surface area contributed by atoms with Gasteiger partial charge in [0.25, 0.3) is 0 Å². The van der Waals surface area contributed by atoms with E-state index in [1.54, 1.807) is 0 Å². The average molecular weight is 341 g/mol. The van der Waals surface area contributed by atoms with E-state index in [2.05, 4.69) is 22.0 Å². The van der Waals surface area contributed by atoms with Gasteiger partial charge in [0, 0.05) is 43.9 Å². The summed E-state index contributed by atoms with van der Waals surface area (Å²) < 4.78 is 28.4. The van der Waals surface area contributed by atoms with Gasteiger partial charge in [0.15, 0.2) is 11.6 Å². The first-order chi connectivity index (χ1) is 12.1. The number of rotatable bonds is 3. The summed E-state index contributed by atoms with van der Waals surface area (Å²) in [7, 11) is 0. The number of aromatic nitrogens is 2. The molecule has 3 aromatic rings. The van der Waals surface area contributed by atoms with E-state index >= 15 is 0 Å². The lowest BCUT2D eigenvalue weighted by molar-refractivity contribution is 0.291. The molecule has 25 heavy (non-hydrogen) atoms. The van der Waals surface area contributed by atoms with Crippen molar-refractivity contribution in [3.63, 3.8) is 0 Å². The summed E-state index contributed by atoms with van der Waals surface area (Å²) in [6, 6.07) is 12.3. The molecule has 2 heterocycles. The van der Waals surface area contributed by atoms with Crippen LogP contribution < -0.4 is 5.69 Å². The Kier molecular flexibility index (Phi) is 3.97. The summed E-state index contributed by atoms with van der Waals surface area (Å²) in [5.41, 5.74) is 2.35. The summed E-state index contributed by atoms with van der Waals surface area (Å²) in [6.45, 7) is 2.34. The zero-order chi connectivity index (χ0) is 17.4. The zero-order valence-electron chi connectivity index (χ0n) is 13.5. The van der Waals surface area contributed by atoms with E-state index in [1.807, 2.05) is 24.3 Å². The van der Waals surface area contributed by atoms with Crippen LogP contribution >= 0.6 is 0 Å². The van der Waals surface area contributed by atoms with Crippen LogP contribution in [0.4, 0.5) is 8.78 Å². The maximum atomic E-state index is 13.6. The Morgan fingerprint density at radius 2 is 1.84 bits per heavy atom. The highest BCUT2D eigenvalue weighted by atomic mass is 19.2. The molecule has 2 aromatic carbocycles. The molecule has 0 saturated carbocycles. The van der Waals surface area contributed by atoms with E-state index in [-0.39, 0.29) is 5.69 Å². The molecule has 1 aliphatic rings. The van der Waals surface area contributed by atoms with Crippen LogP contribution in [0.5, 0.6) is 0 Å². The van der Waals surface area contributed by atoms with Crippen molar-refractivity contribution >= 4 is 16.7 Å². The molecule has 1 aromatic heterocycles. The minimum Gasteiger partial charge on any atom is -0.305 e. The molecular weight excluding hydrogens is 324 g/mol. The monoisotopic (exact) mass is 341 g/mol. The van der Waals surface area contributed by atoms with E-state index in [0.717, 1.165) is 30.9 Å². The Balaban J connectivity index is 1.61. The number of H-pyrrole nitrogens is 1. The zero-order valence-corrected chi connectivity index (χ0v) is 13.5. The van der Waals surface area contributed by atoms with Crippen LogP contribution in [0.15, 0.2) is 53.3 Å². The van der Waals surface area contributed by atoms with Crippen LogP contribution in [0.2, 0.25) is 0 Å². The van der Waals surface area contributed by atoms with Crippen molar-refractivity contribution in [3.8, 4) is 0 Å². The Labute approximate surface area is 143 Å². The van der Waals surface area contributed by atoms with Crippen LogP contribution in [0.3, 0.4) is 0 Å². The number of aromatic amines is 1. The first-order valence-electron chi connectivity index (χ1n) is 8.17. The fourth-order valence-corrected chi connectivity index (χ4v) is 3.28. The predicted octanol–water partition coefficient (Wildman–Crippen LogP) is 3.35. The Morgan fingerprint density at radius 1 is 1.08 bits per heavy atom. The van der Waals surface area contributed by atoms with Gasteiger partial charge in [-0.1, -0.05) is 36.4 Å². The van der Waals surface area contributed by atoms with E-state index in [0.29, 0.717) is 24.0 Å². The number of nitrogens with one attached hydrogen (secondary N) is 1. The second kappa shape index (κ2) is 6.29. The number of nitrogens with zero attached hydrogens (tertiary/aromatic N) is 2. The lowest BCUT2D eigenvalue weighted by atomic mass is 10.1. The van der Waals surface area contributed by atoms with Crippen LogP contribution in [-0.2, 0) is 6.54 Å². The number of hydrogen-bond donors (Lipinski definition) is 1. The van der Waals surface area contributed by atoms with Crippen molar-refractivity contribution in [2.45, 2.75) is 13.0 Å². The highest BCUT2D eigenvalue weighted by Crippen LogP contribution is 2.22. The Morgan fingerprint density at radius 3 is 2.56 bits per heavy atom. The highest BCUT2D eigenvalue weighted by molar-refractivity contribution is 5.79. The van der Waals surface area contributed by atoms with Crippen molar-refractivity contribution < 1.29 is 8.78 Å². The largest absolute Gasteiger partial charge is 0.330 e. The molecule has 1 N–H and O–H groups in total. The smallest absolute Gasteiger partial charge is 0.305 e. The third-order valence-electron chi connectivity index (χ3n) is 4.53. The fraction of sp³-hybridized carbons (Fsp3) is 0.211. The minimum absolute atomic E-state index is 0.302.